The Kier molecular flexibility index (Phi) is 8.13. The molecule has 2 aromatic carbocycles. The maximum atomic E-state index is 13.3. The lowest BCUT2D eigenvalue weighted by Crippen LogP contribution is -2.50. The highest BCUT2D eigenvalue weighted by atomic mass is 35.5. The smallest absolute Gasteiger partial charge is 0.261 e. The van der Waals surface area contributed by atoms with Crippen LogP contribution in [0.25, 0.3) is 0 Å². The zero-order valence-electron chi connectivity index (χ0n) is 18.8. The number of nitrogens with zero attached hydrogens (tertiary/aromatic N) is 1. The van der Waals surface area contributed by atoms with Crippen molar-refractivity contribution < 1.29 is 18.7 Å². The van der Waals surface area contributed by atoms with Gasteiger partial charge < -0.3 is 15.0 Å². The summed E-state index contributed by atoms with van der Waals surface area (Å²) in [5.74, 6) is -0.322. The van der Waals surface area contributed by atoms with E-state index in [1.165, 1.54) is 17.0 Å². The lowest BCUT2D eigenvalue weighted by atomic mass is 10.1. The second-order valence-corrected chi connectivity index (χ2v) is 8.85. The van der Waals surface area contributed by atoms with Gasteiger partial charge in [0.2, 0.25) is 5.91 Å². The number of halogens is 2. The topological polar surface area (TPSA) is 58.6 Å². The molecule has 172 valence electrons. The molecule has 0 radical (unpaired) electrons. The molecule has 2 aromatic rings. The van der Waals surface area contributed by atoms with Gasteiger partial charge in [-0.15, -0.1) is 0 Å². The minimum atomic E-state index is -0.689. The number of carbonyl (C=O) groups is 2. The van der Waals surface area contributed by atoms with Gasteiger partial charge in [-0.2, -0.15) is 0 Å². The zero-order chi connectivity index (χ0) is 23.3. The van der Waals surface area contributed by atoms with E-state index in [0.29, 0.717) is 10.8 Å². The van der Waals surface area contributed by atoms with E-state index in [2.05, 4.69) is 5.32 Å². The molecule has 1 aliphatic carbocycles. The Morgan fingerprint density at radius 2 is 1.75 bits per heavy atom. The first-order valence-corrected chi connectivity index (χ1v) is 11.4. The van der Waals surface area contributed by atoms with Gasteiger partial charge in [0.25, 0.3) is 5.91 Å². The molecule has 0 spiro atoms. The molecule has 1 saturated carbocycles. The maximum absolute atomic E-state index is 13.3. The lowest BCUT2D eigenvalue weighted by Gasteiger charge is -2.29. The molecule has 5 nitrogen and oxygen atoms in total. The Labute approximate surface area is 193 Å². The van der Waals surface area contributed by atoms with Gasteiger partial charge in [-0.25, -0.2) is 4.39 Å². The monoisotopic (exact) mass is 460 g/mol. The Hall–Kier alpha value is -2.60. The SMILES string of the molecule is Cc1cc(OCC(=O)N(Cc2ccc(F)cc2)C(C)C(=O)NC2CCCC2)cc(C)c1Cl. The molecule has 1 unspecified atom stereocenters. The number of carbonyl (C=O) groups excluding carboxylic acids is 2. The summed E-state index contributed by atoms with van der Waals surface area (Å²) in [4.78, 5) is 27.5. The van der Waals surface area contributed by atoms with E-state index in [9.17, 15) is 14.0 Å². The summed E-state index contributed by atoms with van der Waals surface area (Å²) in [6.45, 7) is 5.42. The first-order chi connectivity index (χ1) is 15.2. The molecule has 0 heterocycles. The summed E-state index contributed by atoms with van der Waals surface area (Å²) in [7, 11) is 0. The van der Waals surface area contributed by atoms with Gasteiger partial charge >= 0.3 is 0 Å². The van der Waals surface area contributed by atoms with Crippen LogP contribution in [0.2, 0.25) is 5.02 Å². The molecule has 32 heavy (non-hydrogen) atoms. The first-order valence-electron chi connectivity index (χ1n) is 11.0. The Morgan fingerprint density at radius 1 is 1.16 bits per heavy atom. The maximum Gasteiger partial charge on any atom is 0.261 e. The zero-order valence-corrected chi connectivity index (χ0v) is 19.5. The van der Waals surface area contributed by atoms with Gasteiger partial charge in [-0.1, -0.05) is 36.6 Å². The molecule has 0 aromatic heterocycles. The van der Waals surface area contributed by atoms with Crippen LogP contribution >= 0.6 is 11.6 Å². The molecular formula is C25H30ClFN2O3. The van der Waals surface area contributed by atoms with Crippen LogP contribution in [0, 0.1) is 19.7 Å². The van der Waals surface area contributed by atoms with Crippen molar-refractivity contribution in [3.8, 4) is 5.75 Å². The number of nitrogens with one attached hydrogen (secondary N) is 1. The van der Waals surface area contributed by atoms with E-state index < -0.39 is 6.04 Å². The van der Waals surface area contributed by atoms with E-state index >= 15 is 0 Å². The van der Waals surface area contributed by atoms with Gasteiger partial charge in [-0.3, -0.25) is 9.59 Å². The first kappa shape index (κ1) is 24.1. The number of rotatable bonds is 8. The molecule has 7 heteroatoms. The second kappa shape index (κ2) is 10.8. The van der Waals surface area contributed by atoms with E-state index in [4.69, 9.17) is 16.3 Å². The third-order valence-corrected chi connectivity index (χ3v) is 6.50. The van der Waals surface area contributed by atoms with Gasteiger partial charge in [0.1, 0.15) is 17.6 Å². The normalized spacial score (nSPS) is 14.8. The van der Waals surface area contributed by atoms with Gasteiger partial charge in [0.15, 0.2) is 6.61 Å². The highest BCUT2D eigenvalue weighted by Gasteiger charge is 2.28. The number of aryl methyl sites for hydroxylation is 2. The summed E-state index contributed by atoms with van der Waals surface area (Å²) in [5.41, 5.74) is 2.46. The van der Waals surface area contributed by atoms with Gasteiger partial charge in [0, 0.05) is 17.6 Å². The fourth-order valence-corrected chi connectivity index (χ4v) is 4.09. The third-order valence-electron chi connectivity index (χ3n) is 5.91. The Balaban J connectivity index is 1.73. The van der Waals surface area contributed by atoms with Crippen LogP contribution < -0.4 is 10.1 Å². The van der Waals surface area contributed by atoms with Crippen LogP contribution in [-0.2, 0) is 16.1 Å². The fourth-order valence-electron chi connectivity index (χ4n) is 3.98. The standard InChI is InChI=1S/C25H30ClFN2O3/c1-16-12-22(13-17(2)24(16)26)32-15-23(30)29(14-19-8-10-20(27)11-9-19)18(3)25(31)28-21-6-4-5-7-21/h8-13,18,21H,4-7,14-15H2,1-3H3,(H,28,31). The Morgan fingerprint density at radius 3 is 2.34 bits per heavy atom. The molecule has 0 saturated heterocycles. The number of hydrogen-bond acceptors (Lipinski definition) is 3. The quantitative estimate of drug-likeness (QED) is 0.606. The van der Waals surface area contributed by atoms with Crippen molar-refractivity contribution in [1.82, 2.24) is 10.2 Å². The Bertz CT molecular complexity index is 935. The molecule has 1 atom stereocenters. The third kappa shape index (κ3) is 6.22. The van der Waals surface area contributed by atoms with Crippen molar-refractivity contribution in [2.45, 2.75) is 65.1 Å². The molecule has 1 aliphatic rings. The molecule has 1 N–H and O–H groups in total. The van der Waals surface area contributed by atoms with Crippen LogP contribution in [0.5, 0.6) is 5.75 Å². The summed E-state index contributed by atoms with van der Waals surface area (Å²) in [6, 6.07) is 8.95. The largest absolute Gasteiger partial charge is 0.484 e. The number of benzene rings is 2. The van der Waals surface area contributed by atoms with Crippen LogP contribution in [-0.4, -0.2) is 35.4 Å². The van der Waals surface area contributed by atoms with Crippen LogP contribution in [0.3, 0.4) is 0 Å². The summed E-state index contributed by atoms with van der Waals surface area (Å²) < 4.78 is 19.1. The van der Waals surface area contributed by atoms with E-state index in [-0.39, 0.29) is 36.8 Å². The highest BCUT2D eigenvalue weighted by molar-refractivity contribution is 6.32. The summed E-state index contributed by atoms with van der Waals surface area (Å²) in [6.07, 6.45) is 4.13. The van der Waals surface area contributed by atoms with Crippen molar-refractivity contribution in [3.05, 3.63) is 63.9 Å². The minimum absolute atomic E-state index is 0.156. The molecule has 2 amide bonds. The van der Waals surface area contributed by atoms with Gasteiger partial charge in [-0.05, 0) is 74.6 Å². The van der Waals surface area contributed by atoms with Crippen LogP contribution in [0.15, 0.2) is 36.4 Å². The molecule has 0 bridgehead atoms. The molecular weight excluding hydrogens is 431 g/mol. The number of amides is 2. The predicted octanol–water partition coefficient (Wildman–Crippen LogP) is 4.95. The minimum Gasteiger partial charge on any atom is -0.484 e. The van der Waals surface area contributed by atoms with E-state index in [1.807, 2.05) is 13.8 Å². The molecule has 3 rings (SSSR count). The van der Waals surface area contributed by atoms with Crippen molar-refractivity contribution in [2.24, 2.45) is 0 Å². The van der Waals surface area contributed by atoms with Crippen molar-refractivity contribution in [1.29, 1.82) is 0 Å². The van der Waals surface area contributed by atoms with E-state index in [0.717, 1.165) is 42.4 Å². The van der Waals surface area contributed by atoms with Crippen LogP contribution in [0.4, 0.5) is 4.39 Å². The van der Waals surface area contributed by atoms with Crippen LogP contribution in [0.1, 0.15) is 49.3 Å². The number of hydrogen-bond donors (Lipinski definition) is 1. The van der Waals surface area contributed by atoms with Crippen molar-refractivity contribution in [2.75, 3.05) is 6.61 Å². The predicted molar refractivity (Wildman–Crippen MR) is 123 cm³/mol. The molecule has 1 fully saturated rings. The number of ether oxygens (including phenoxy) is 1. The molecule has 0 aliphatic heterocycles. The van der Waals surface area contributed by atoms with Gasteiger partial charge in [0.05, 0.1) is 0 Å². The highest BCUT2D eigenvalue weighted by Crippen LogP contribution is 2.26. The van der Waals surface area contributed by atoms with E-state index in [1.54, 1.807) is 31.2 Å². The summed E-state index contributed by atoms with van der Waals surface area (Å²) >= 11 is 6.21. The average Bonchev–Trinajstić information content (AvgIpc) is 3.27. The fraction of sp³-hybridized carbons (Fsp3) is 0.440. The van der Waals surface area contributed by atoms with Crippen molar-refractivity contribution in [3.63, 3.8) is 0 Å². The lowest BCUT2D eigenvalue weighted by molar-refractivity contribution is -0.142. The van der Waals surface area contributed by atoms with Crippen molar-refractivity contribution >= 4 is 23.4 Å². The average molecular weight is 461 g/mol. The summed E-state index contributed by atoms with van der Waals surface area (Å²) in [5, 5.41) is 3.72. The second-order valence-electron chi connectivity index (χ2n) is 8.47.